The van der Waals surface area contributed by atoms with Gasteiger partial charge in [-0.15, -0.1) is 0 Å². The molecule has 1 amide bonds. The van der Waals surface area contributed by atoms with Gasteiger partial charge in [0.1, 0.15) is 0 Å². The number of benzene rings is 1. The lowest BCUT2D eigenvalue weighted by Gasteiger charge is -2.29. The van der Waals surface area contributed by atoms with E-state index in [4.69, 9.17) is 4.74 Å². The zero-order valence-electron chi connectivity index (χ0n) is 15.4. The molecule has 3 saturated heterocycles. The average molecular weight is 358 g/mol. The number of nitrogens with zero attached hydrogens (tertiary/aromatic N) is 1. The van der Waals surface area contributed by atoms with Gasteiger partial charge in [0.05, 0.1) is 18.3 Å². The molecular formula is C21H30N2O3. The minimum absolute atomic E-state index is 0.0114. The molecule has 0 unspecified atom stereocenters. The number of fused-ring (bicyclic) bond motifs is 1. The molecule has 142 valence electrons. The van der Waals surface area contributed by atoms with E-state index >= 15 is 0 Å². The zero-order valence-corrected chi connectivity index (χ0v) is 15.4. The van der Waals surface area contributed by atoms with E-state index in [2.05, 4.69) is 22.3 Å². The number of ether oxygens (including phenoxy) is 1. The van der Waals surface area contributed by atoms with Crippen molar-refractivity contribution >= 4 is 5.91 Å². The number of rotatable bonds is 8. The van der Waals surface area contributed by atoms with E-state index in [0.29, 0.717) is 24.4 Å². The molecule has 3 aliphatic heterocycles. The van der Waals surface area contributed by atoms with Gasteiger partial charge in [0, 0.05) is 44.4 Å². The number of hydrogen-bond acceptors (Lipinski definition) is 4. The lowest BCUT2D eigenvalue weighted by Crippen LogP contribution is -2.41. The van der Waals surface area contributed by atoms with Gasteiger partial charge >= 0.3 is 0 Å². The molecule has 2 bridgehead atoms. The van der Waals surface area contributed by atoms with E-state index in [9.17, 15) is 9.90 Å². The van der Waals surface area contributed by atoms with Crippen molar-refractivity contribution in [3.63, 3.8) is 0 Å². The van der Waals surface area contributed by atoms with E-state index in [-0.39, 0.29) is 18.1 Å². The Morgan fingerprint density at radius 3 is 3.00 bits per heavy atom. The Labute approximate surface area is 155 Å². The number of carbonyl (C=O) groups is 1. The summed E-state index contributed by atoms with van der Waals surface area (Å²) in [6.45, 7) is 3.59. The topological polar surface area (TPSA) is 61.8 Å². The first-order valence-electron chi connectivity index (χ1n) is 10.0. The third-order valence-electron chi connectivity index (χ3n) is 6.52. The molecule has 5 nitrogen and oxygen atoms in total. The van der Waals surface area contributed by atoms with Gasteiger partial charge in [0.15, 0.2) is 0 Å². The van der Waals surface area contributed by atoms with Crippen LogP contribution in [0.3, 0.4) is 0 Å². The predicted molar refractivity (Wildman–Crippen MR) is 99.7 cm³/mol. The molecule has 1 spiro atoms. The Morgan fingerprint density at radius 1 is 1.35 bits per heavy atom. The van der Waals surface area contributed by atoms with Crippen LogP contribution in [-0.4, -0.2) is 60.4 Å². The van der Waals surface area contributed by atoms with E-state index in [1.54, 1.807) is 0 Å². The Bertz CT molecular complexity index is 623. The highest BCUT2D eigenvalue weighted by Gasteiger charge is 2.62. The highest BCUT2D eigenvalue weighted by molar-refractivity contribution is 5.75. The van der Waals surface area contributed by atoms with Crippen molar-refractivity contribution in [1.82, 2.24) is 10.2 Å². The van der Waals surface area contributed by atoms with Gasteiger partial charge in [-0.25, -0.2) is 0 Å². The summed E-state index contributed by atoms with van der Waals surface area (Å²) in [5.41, 5.74) is 1.28. The van der Waals surface area contributed by atoms with Crippen LogP contribution in [0.5, 0.6) is 0 Å². The van der Waals surface area contributed by atoms with Gasteiger partial charge in [-0.2, -0.15) is 0 Å². The molecule has 3 heterocycles. The Balaban J connectivity index is 1.24. The number of carbonyl (C=O) groups excluding carboxylic acids is 1. The fourth-order valence-electron chi connectivity index (χ4n) is 5.29. The van der Waals surface area contributed by atoms with Gasteiger partial charge < -0.3 is 15.2 Å². The number of amides is 1. The van der Waals surface area contributed by atoms with Crippen LogP contribution in [0.1, 0.15) is 31.2 Å². The summed E-state index contributed by atoms with van der Waals surface area (Å²) in [7, 11) is 0. The normalized spacial score (nSPS) is 32.7. The highest BCUT2D eigenvalue weighted by Crippen LogP contribution is 2.54. The van der Waals surface area contributed by atoms with Gasteiger partial charge in [0.25, 0.3) is 0 Å². The zero-order chi connectivity index (χ0) is 18.0. The van der Waals surface area contributed by atoms with Crippen LogP contribution < -0.4 is 5.32 Å². The average Bonchev–Trinajstić information content (AvgIpc) is 3.29. The second kappa shape index (κ2) is 7.67. The molecule has 0 saturated carbocycles. The van der Waals surface area contributed by atoms with Gasteiger partial charge in [-0.3, -0.25) is 9.69 Å². The number of aryl methyl sites for hydroxylation is 1. The second-order valence-electron chi connectivity index (χ2n) is 8.13. The largest absolute Gasteiger partial charge is 0.395 e. The minimum Gasteiger partial charge on any atom is -0.395 e. The van der Waals surface area contributed by atoms with E-state index in [1.165, 1.54) is 5.56 Å². The van der Waals surface area contributed by atoms with Crippen molar-refractivity contribution in [2.45, 2.75) is 43.8 Å². The van der Waals surface area contributed by atoms with Crippen LogP contribution in [0, 0.1) is 11.8 Å². The van der Waals surface area contributed by atoms with Crippen LogP contribution >= 0.6 is 0 Å². The summed E-state index contributed by atoms with van der Waals surface area (Å²) >= 11 is 0. The van der Waals surface area contributed by atoms with Gasteiger partial charge in [-0.1, -0.05) is 30.3 Å². The summed E-state index contributed by atoms with van der Waals surface area (Å²) in [6.07, 6.45) is 4.97. The van der Waals surface area contributed by atoms with Gasteiger partial charge in [-0.05, 0) is 31.2 Å². The number of nitrogens with one attached hydrogen (secondary N) is 1. The van der Waals surface area contributed by atoms with Crippen molar-refractivity contribution in [3.05, 3.63) is 35.9 Å². The second-order valence-corrected chi connectivity index (χ2v) is 8.13. The molecule has 0 aromatic heterocycles. The van der Waals surface area contributed by atoms with Crippen molar-refractivity contribution < 1.29 is 14.6 Å². The molecule has 1 aromatic rings. The van der Waals surface area contributed by atoms with Crippen molar-refractivity contribution in [3.8, 4) is 0 Å². The number of aliphatic hydroxyl groups excluding tert-OH is 1. The van der Waals surface area contributed by atoms with Crippen LogP contribution in [0.2, 0.25) is 0 Å². The number of aliphatic hydroxyl groups is 1. The van der Waals surface area contributed by atoms with Crippen molar-refractivity contribution in [2.75, 3.05) is 32.8 Å². The highest BCUT2D eigenvalue weighted by atomic mass is 16.5. The number of hydrogen-bond donors (Lipinski definition) is 2. The first-order valence-corrected chi connectivity index (χ1v) is 10.0. The quantitative estimate of drug-likeness (QED) is 0.741. The fraction of sp³-hybridized carbons (Fsp3) is 0.667. The molecule has 4 atom stereocenters. The van der Waals surface area contributed by atoms with Crippen molar-refractivity contribution in [2.24, 2.45) is 11.8 Å². The van der Waals surface area contributed by atoms with Crippen LogP contribution in [-0.2, 0) is 16.0 Å². The van der Waals surface area contributed by atoms with Crippen molar-refractivity contribution in [1.29, 1.82) is 0 Å². The maximum absolute atomic E-state index is 12.3. The maximum Gasteiger partial charge on any atom is 0.220 e. The smallest absolute Gasteiger partial charge is 0.220 e. The maximum atomic E-state index is 12.3. The summed E-state index contributed by atoms with van der Waals surface area (Å²) in [4.78, 5) is 14.6. The third kappa shape index (κ3) is 3.53. The Morgan fingerprint density at radius 2 is 2.19 bits per heavy atom. The summed E-state index contributed by atoms with van der Waals surface area (Å²) in [5.74, 6) is 1.07. The summed E-state index contributed by atoms with van der Waals surface area (Å²) < 4.78 is 6.37. The van der Waals surface area contributed by atoms with Gasteiger partial charge in [0.2, 0.25) is 5.91 Å². The lowest BCUT2D eigenvalue weighted by atomic mass is 9.73. The molecule has 0 aliphatic carbocycles. The summed E-state index contributed by atoms with van der Waals surface area (Å²) in [5, 5.41) is 12.4. The number of β-amino-alcohol motifs (C(OH)–C–C–N with tert-alkyl or cyclic N) is 1. The van der Waals surface area contributed by atoms with E-state index in [0.717, 1.165) is 51.9 Å². The molecule has 5 heteroatoms. The Kier molecular flexibility index (Phi) is 5.30. The van der Waals surface area contributed by atoms with Crippen LogP contribution in [0.25, 0.3) is 0 Å². The molecule has 4 rings (SSSR count). The van der Waals surface area contributed by atoms with Crippen LogP contribution in [0.15, 0.2) is 30.3 Å². The standard InChI is InChI=1S/C21H30N2O3/c24-12-11-23-14-18-17(19-9-10-21(18,15-23)26-19)13-22-20(25)8-4-7-16-5-2-1-3-6-16/h1-3,5-6,17-19,24H,4,7-15H2,(H,22,25)/t17-,18+,19+,21+/m0/s1. The Hall–Kier alpha value is -1.43. The first-order chi connectivity index (χ1) is 12.7. The molecule has 3 fully saturated rings. The SMILES string of the molecule is O=C(CCCc1ccccc1)NC[C@H]1[C@H]2CN(CCO)C[C@]23CC[C@H]1O3. The lowest BCUT2D eigenvalue weighted by molar-refractivity contribution is -0.121. The molecule has 3 aliphatic rings. The number of likely N-dealkylation sites (tertiary alicyclic amines) is 1. The molecule has 2 N–H and O–H groups in total. The first kappa shape index (κ1) is 18.0. The monoisotopic (exact) mass is 358 g/mol. The fourth-order valence-corrected chi connectivity index (χ4v) is 5.29. The third-order valence-corrected chi connectivity index (χ3v) is 6.52. The molecule has 26 heavy (non-hydrogen) atoms. The minimum atomic E-state index is -0.0114. The molecular weight excluding hydrogens is 328 g/mol. The van der Waals surface area contributed by atoms with E-state index in [1.807, 2.05) is 18.2 Å². The predicted octanol–water partition coefficient (Wildman–Crippen LogP) is 1.60. The van der Waals surface area contributed by atoms with E-state index < -0.39 is 0 Å². The van der Waals surface area contributed by atoms with Crippen LogP contribution in [0.4, 0.5) is 0 Å². The molecule has 1 aromatic carbocycles. The molecule has 0 radical (unpaired) electrons. The summed E-state index contributed by atoms with van der Waals surface area (Å²) in [6, 6.07) is 10.3.